The van der Waals surface area contributed by atoms with Crippen LogP contribution < -0.4 is 5.32 Å². The Balaban J connectivity index is 2.58. The number of hydrogen-bond acceptors (Lipinski definition) is 3. The van der Waals surface area contributed by atoms with E-state index in [4.69, 9.17) is 5.11 Å². The third kappa shape index (κ3) is 5.06. The topological polar surface area (TPSA) is 52.6 Å². The lowest BCUT2D eigenvalue weighted by molar-refractivity contribution is -0.138. The molecule has 1 fully saturated rings. The first-order valence-corrected chi connectivity index (χ1v) is 8.29. The van der Waals surface area contributed by atoms with Gasteiger partial charge in [0, 0.05) is 31.7 Å². The average Bonchev–Trinajstić information content (AvgIpc) is 2.48. The Labute approximate surface area is 123 Å². The average molecular weight is 284 g/mol. The molecule has 0 aromatic rings. The van der Waals surface area contributed by atoms with Gasteiger partial charge in [0.2, 0.25) is 5.91 Å². The summed E-state index contributed by atoms with van der Waals surface area (Å²) in [5, 5.41) is 12.4. The number of piperidine rings is 1. The summed E-state index contributed by atoms with van der Waals surface area (Å²) in [7, 11) is 0. The van der Waals surface area contributed by atoms with Gasteiger partial charge < -0.3 is 15.3 Å². The summed E-state index contributed by atoms with van der Waals surface area (Å²) in [5.41, 5.74) is 0. The summed E-state index contributed by atoms with van der Waals surface area (Å²) in [6.07, 6.45) is 4.93. The second-order valence-electron chi connectivity index (χ2n) is 5.99. The van der Waals surface area contributed by atoms with Crippen LogP contribution in [0, 0.1) is 11.8 Å². The molecule has 0 bridgehead atoms. The molecular weight excluding hydrogens is 252 g/mol. The van der Waals surface area contributed by atoms with Crippen molar-refractivity contribution in [1.82, 2.24) is 10.2 Å². The Morgan fingerprint density at radius 1 is 1.30 bits per heavy atom. The molecule has 118 valence electrons. The number of aliphatic hydroxyl groups is 1. The lowest BCUT2D eigenvalue weighted by Crippen LogP contribution is -2.52. The Morgan fingerprint density at radius 3 is 2.55 bits per heavy atom. The number of carbonyl (C=O) groups is 1. The molecule has 1 aliphatic heterocycles. The van der Waals surface area contributed by atoms with Gasteiger partial charge in [-0.3, -0.25) is 4.79 Å². The molecule has 0 radical (unpaired) electrons. The number of rotatable bonds is 8. The summed E-state index contributed by atoms with van der Waals surface area (Å²) < 4.78 is 0. The molecule has 2 unspecified atom stereocenters. The van der Waals surface area contributed by atoms with E-state index in [1.807, 2.05) is 0 Å². The summed E-state index contributed by atoms with van der Waals surface area (Å²) >= 11 is 0. The van der Waals surface area contributed by atoms with Crippen molar-refractivity contribution in [2.24, 2.45) is 11.8 Å². The highest BCUT2D eigenvalue weighted by molar-refractivity contribution is 5.78. The highest BCUT2D eigenvalue weighted by Gasteiger charge is 2.31. The fraction of sp³-hybridized carbons (Fsp3) is 0.938. The predicted molar refractivity (Wildman–Crippen MR) is 82.5 cm³/mol. The van der Waals surface area contributed by atoms with Crippen LogP contribution in [0.3, 0.4) is 0 Å². The molecule has 0 spiro atoms. The first-order valence-electron chi connectivity index (χ1n) is 8.29. The van der Waals surface area contributed by atoms with Crippen molar-refractivity contribution in [3.05, 3.63) is 0 Å². The van der Waals surface area contributed by atoms with Gasteiger partial charge in [-0.25, -0.2) is 0 Å². The van der Waals surface area contributed by atoms with Gasteiger partial charge in [-0.2, -0.15) is 0 Å². The fourth-order valence-corrected chi connectivity index (χ4v) is 3.11. The van der Waals surface area contributed by atoms with E-state index in [9.17, 15) is 4.79 Å². The Bertz CT molecular complexity index is 280. The van der Waals surface area contributed by atoms with E-state index in [1.54, 1.807) is 0 Å². The van der Waals surface area contributed by atoms with Gasteiger partial charge >= 0.3 is 0 Å². The van der Waals surface area contributed by atoms with Crippen molar-refractivity contribution < 1.29 is 9.90 Å². The zero-order valence-corrected chi connectivity index (χ0v) is 13.4. The highest BCUT2D eigenvalue weighted by Crippen LogP contribution is 2.23. The molecular formula is C16H32N2O2. The molecule has 0 aliphatic carbocycles. The molecule has 0 saturated carbocycles. The van der Waals surface area contributed by atoms with Crippen LogP contribution in [0.15, 0.2) is 0 Å². The van der Waals surface area contributed by atoms with Crippen LogP contribution in [0.1, 0.15) is 52.9 Å². The van der Waals surface area contributed by atoms with Crippen LogP contribution in [0.5, 0.6) is 0 Å². The van der Waals surface area contributed by atoms with E-state index in [0.717, 1.165) is 51.7 Å². The van der Waals surface area contributed by atoms with Crippen molar-refractivity contribution in [2.75, 3.05) is 26.2 Å². The molecule has 1 heterocycles. The third-order valence-corrected chi connectivity index (χ3v) is 4.53. The maximum atomic E-state index is 12.6. The highest BCUT2D eigenvalue weighted by atomic mass is 16.3. The lowest BCUT2D eigenvalue weighted by Gasteiger charge is -2.39. The molecule has 20 heavy (non-hydrogen) atoms. The van der Waals surface area contributed by atoms with E-state index < -0.39 is 0 Å². The summed E-state index contributed by atoms with van der Waals surface area (Å²) in [6.45, 7) is 9.23. The number of amides is 1. The summed E-state index contributed by atoms with van der Waals surface area (Å²) in [4.78, 5) is 14.6. The Morgan fingerprint density at radius 2 is 2.00 bits per heavy atom. The van der Waals surface area contributed by atoms with Crippen LogP contribution in [0.25, 0.3) is 0 Å². The molecule has 1 aliphatic rings. The number of likely N-dealkylation sites (tertiary alicyclic amines) is 1. The minimum atomic E-state index is 0.184. The van der Waals surface area contributed by atoms with E-state index >= 15 is 0 Å². The van der Waals surface area contributed by atoms with E-state index in [0.29, 0.717) is 17.9 Å². The first-order chi connectivity index (χ1) is 9.65. The summed E-state index contributed by atoms with van der Waals surface area (Å²) in [6, 6.07) is 0.388. The molecule has 2 atom stereocenters. The fourth-order valence-electron chi connectivity index (χ4n) is 3.11. The van der Waals surface area contributed by atoms with E-state index in [1.165, 1.54) is 0 Å². The number of nitrogens with one attached hydrogen (secondary N) is 1. The van der Waals surface area contributed by atoms with Gasteiger partial charge in [0.25, 0.3) is 0 Å². The molecule has 2 N–H and O–H groups in total. The van der Waals surface area contributed by atoms with Gasteiger partial charge in [-0.15, -0.1) is 0 Å². The Hall–Kier alpha value is -0.610. The second-order valence-corrected chi connectivity index (χ2v) is 5.99. The monoisotopic (exact) mass is 284 g/mol. The van der Waals surface area contributed by atoms with Gasteiger partial charge in [-0.05, 0) is 38.1 Å². The van der Waals surface area contributed by atoms with Crippen LogP contribution in [-0.4, -0.2) is 48.2 Å². The van der Waals surface area contributed by atoms with Gasteiger partial charge in [0.1, 0.15) is 0 Å². The molecule has 1 saturated heterocycles. The van der Waals surface area contributed by atoms with Gasteiger partial charge in [0.15, 0.2) is 0 Å². The SMILES string of the molecule is CCC1CC(NCCCO)CN(C(=O)C(CC)CC)C1. The smallest absolute Gasteiger partial charge is 0.225 e. The third-order valence-electron chi connectivity index (χ3n) is 4.53. The predicted octanol–water partition coefficient (Wildman–Crippen LogP) is 2.02. The second kappa shape index (κ2) is 9.35. The standard InChI is InChI=1S/C16H32N2O2/c1-4-13-10-15(17-8-7-9-19)12-18(11-13)16(20)14(5-2)6-3/h13-15,17,19H,4-12H2,1-3H3. The van der Waals surface area contributed by atoms with Gasteiger partial charge in [0.05, 0.1) is 0 Å². The van der Waals surface area contributed by atoms with Gasteiger partial charge in [-0.1, -0.05) is 27.2 Å². The van der Waals surface area contributed by atoms with Crippen LogP contribution in [-0.2, 0) is 4.79 Å². The van der Waals surface area contributed by atoms with Crippen molar-refractivity contribution in [2.45, 2.75) is 58.9 Å². The van der Waals surface area contributed by atoms with Crippen molar-refractivity contribution in [1.29, 1.82) is 0 Å². The largest absolute Gasteiger partial charge is 0.396 e. The molecule has 0 aromatic heterocycles. The number of hydrogen-bond donors (Lipinski definition) is 2. The molecule has 1 amide bonds. The minimum absolute atomic E-state index is 0.184. The van der Waals surface area contributed by atoms with E-state index in [2.05, 4.69) is 31.0 Å². The van der Waals surface area contributed by atoms with Crippen LogP contribution >= 0.6 is 0 Å². The van der Waals surface area contributed by atoms with Crippen LogP contribution in [0.2, 0.25) is 0 Å². The molecule has 0 aromatic carbocycles. The number of aliphatic hydroxyl groups excluding tert-OH is 1. The first kappa shape index (κ1) is 17.4. The quantitative estimate of drug-likeness (QED) is 0.671. The maximum absolute atomic E-state index is 12.6. The molecule has 4 nitrogen and oxygen atoms in total. The number of nitrogens with zero attached hydrogens (tertiary/aromatic N) is 1. The minimum Gasteiger partial charge on any atom is -0.396 e. The van der Waals surface area contributed by atoms with Crippen molar-refractivity contribution in [3.8, 4) is 0 Å². The zero-order chi connectivity index (χ0) is 15.0. The zero-order valence-electron chi connectivity index (χ0n) is 13.4. The normalized spacial score (nSPS) is 23.4. The van der Waals surface area contributed by atoms with E-state index in [-0.39, 0.29) is 12.5 Å². The number of carbonyl (C=O) groups excluding carboxylic acids is 1. The maximum Gasteiger partial charge on any atom is 0.225 e. The van der Waals surface area contributed by atoms with Crippen LogP contribution in [0.4, 0.5) is 0 Å². The van der Waals surface area contributed by atoms with Crippen molar-refractivity contribution >= 4 is 5.91 Å². The van der Waals surface area contributed by atoms with Crippen molar-refractivity contribution in [3.63, 3.8) is 0 Å². The molecule has 1 rings (SSSR count). The molecule has 4 heteroatoms. The Kier molecular flexibility index (Phi) is 8.15. The lowest BCUT2D eigenvalue weighted by atomic mass is 9.90. The summed E-state index contributed by atoms with van der Waals surface area (Å²) in [5.74, 6) is 1.12.